The fourth-order valence-electron chi connectivity index (χ4n) is 8.69. The number of pyridine rings is 2. The molecule has 0 unspecified atom stereocenters. The Hall–Kier alpha value is -6.12. The lowest BCUT2D eigenvalue weighted by Gasteiger charge is -2.31. The molecule has 4 aromatic heterocycles. The van der Waals surface area contributed by atoms with Gasteiger partial charge in [0.1, 0.15) is 24.7 Å². The fourth-order valence-corrected chi connectivity index (χ4v) is 8.69. The van der Waals surface area contributed by atoms with Gasteiger partial charge in [-0.3, -0.25) is 9.59 Å². The van der Waals surface area contributed by atoms with Gasteiger partial charge in [0.15, 0.2) is 0 Å². The number of rotatable bonds is 8. The van der Waals surface area contributed by atoms with Crippen LogP contribution in [0.2, 0.25) is 0 Å². The van der Waals surface area contributed by atoms with Crippen molar-refractivity contribution in [2.45, 2.75) is 51.6 Å². The van der Waals surface area contributed by atoms with Crippen LogP contribution in [0, 0.1) is 0 Å². The molecule has 2 fully saturated rings. The molecule has 2 aromatic carbocycles. The van der Waals surface area contributed by atoms with E-state index >= 15 is 0 Å². The molecule has 14 heteroatoms. The van der Waals surface area contributed by atoms with Crippen LogP contribution in [-0.2, 0) is 25.7 Å². The van der Waals surface area contributed by atoms with Crippen molar-refractivity contribution in [2.75, 3.05) is 75.4 Å². The Morgan fingerprint density at radius 2 is 1.07 bits per heavy atom. The molecule has 2 saturated heterocycles. The van der Waals surface area contributed by atoms with Crippen LogP contribution in [0.15, 0.2) is 85.2 Å². The van der Waals surface area contributed by atoms with Crippen molar-refractivity contribution < 1.29 is 19.1 Å². The summed E-state index contributed by atoms with van der Waals surface area (Å²) in [7, 11) is 0. The van der Waals surface area contributed by atoms with Gasteiger partial charge in [-0.05, 0) is 73.2 Å². The summed E-state index contributed by atoms with van der Waals surface area (Å²) in [6.45, 7) is 13.2. The molecule has 0 spiro atoms. The Balaban J connectivity index is 0.000000154. The molecule has 2 amide bonds. The summed E-state index contributed by atoms with van der Waals surface area (Å²) in [4.78, 5) is 30.6. The minimum absolute atomic E-state index is 0.0562. The van der Waals surface area contributed by atoms with E-state index in [0.29, 0.717) is 24.3 Å². The van der Waals surface area contributed by atoms with Crippen LogP contribution in [-0.4, -0.2) is 109 Å². The molecule has 14 nitrogen and oxygen atoms in total. The van der Waals surface area contributed by atoms with Gasteiger partial charge in [-0.15, -0.1) is 0 Å². The summed E-state index contributed by atoms with van der Waals surface area (Å²) in [5, 5.41) is 21.8. The highest BCUT2D eigenvalue weighted by Crippen LogP contribution is 2.32. The van der Waals surface area contributed by atoms with Crippen LogP contribution in [0.5, 0.6) is 11.5 Å². The summed E-state index contributed by atoms with van der Waals surface area (Å²) in [6, 6.07) is 24.6. The average Bonchev–Trinajstić information content (AvgIpc) is 3.95. The molecular weight excluding hydrogens is 757 g/mol. The number of piperazine rings is 2. The van der Waals surface area contributed by atoms with Crippen molar-refractivity contribution in [3.05, 3.63) is 119 Å². The van der Waals surface area contributed by atoms with Gasteiger partial charge in [-0.25, -0.2) is 9.03 Å². The minimum atomic E-state index is -0.104. The first-order chi connectivity index (χ1) is 29.4. The van der Waals surface area contributed by atoms with Crippen LogP contribution in [0.3, 0.4) is 0 Å². The number of anilines is 2. The van der Waals surface area contributed by atoms with Crippen molar-refractivity contribution in [1.29, 1.82) is 0 Å². The number of nitrogens with one attached hydrogen (secondary N) is 4. The van der Waals surface area contributed by atoms with Crippen molar-refractivity contribution >= 4 is 34.2 Å². The topological polar surface area (TPSA) is 142 Å². The standard InChI is InChI=1S/2C23H27N5O2/c2*1-2-18-4-3-5-21-20(14-25-28(18)21)23(29)26-17-12-16-6-7-19(13-22(16)30-15-17)27-10-8-24-9-11-27/h2*3-7,13-14,17,24H,2,8-12,15H2,1H3,(H,26,29)/t2*17-/m11/s1. The summed E-state index contributed by atoms with van der Waals surface area (Å²) in [6.07, 6.45) is 6.57. The van der Waals surface area contributed by atoms with Gasteiger partial charge in [0.2, 0.25) is 0 Å². The van der Waals surface area contributed by atoms with E-state index in [9.17, 15) is 9.59 Å². The number of amides is 2. The molecule has 4 aliphatic rings. The molecule has 6 aromatic rings. The maximum atomic E-state index is 12.9. The predicted molar refractivity (Wildman–Crippen MR) is 233 cm³/mol. The lowest BCUT2D eigenvalue weighted by atomic mass is 10.0. The molecule has 8 heterocycles. The van der Waals surface area contributed by atoms with E-state index in [0.717, 1.165) is 123 Å². The maximum Gasteiger partial charge on any atom is 0.255 e. The third kappa shape index (κ3) is 8.21. The highest BCUT2D eigenvalue weighted by Gasteiger charge is 2.26. The highest BCUT2D eigenvalue weighted by atomic mass is 16.5. The summed E-state index contributed by atoms with van der Waals surface area (Å²) in [5.74, 6) is 1.65. The van der Waals surface area contributed by atoms with E-state index in [1.807, 2.05) is 45.4 Å². The first-order valence-electron chi connectivity index (χ1n) is 21.4. The lowest BCUT2D eigenvalue weighted by molar-refractivity contribution is 0.0909. The predicted octanol–water partition coefficient (Wildman–Crippen LogP) is 4.08. The number of fused-ring (bicyclic) bond motifs is 4. The van der Waals surface area contributed by atoms with E-state index in [2.05, 4.69) is 91.5 Å². The number of nitrogens with zero attached hydrogens (tertiary/aromatic N) is 6. The monoisotopic (exact) mass is 810 g/mol. The normalized spacial score (nSPS) is 18.7. The minimum Gasteiger partial charge on any atom is -0.491 e. The first kappa shape index (κ1) is 39.3. The number of ether oxygens (including phenoxy) is 2. The lowest BCUT2D eigenvalue weighted by Crippen LogP contribution is -2.44. The van der Waals surface area contributed by atoms with Crippen LogP contribution in [0.25, 0.3) is 11.0 Å². The zero-order valence-corrected chi connectivity index (χ0v) is 34.5. The number of benzene rings is 2. The summed E-state index contributed by atoms with van der Waals surface area (Å²) in [5.41, 5.74) is 9.73. The molecular formula is C46H54N10O4. The van der Waals surface area contributed by atoms with Gasteiger partial charge >= 0.3 is 0 Å². The van der Waals surface area contributed by atoms with Gasteiger partial charge in [0.25, 0.3) is 11.8 Å². The van der Waals surface area contributed by atoms with E-state index in [-0.39, 0.29) is 23.9 Å². The molecule has 2 atom stereocenters. The second kappa shape index (κ2) is 17.6. The zero-order chi connectivity index (χ0) is 41.0. The number of aromatic nitrogens is 4. The van der Waals surface area contributed by atoms with Gasteiger partial charge in [-0.1, -0.05) is 38.1 Å². The molecule has 4 aliphatic heterocycles. The Bertz CT molecular complexity index is 2310. The molecule has 60 heavy (non-hydrogen) atoms. The second-order valence-electron chi connectivity index (χ2n) is 15.9. The number of aryl methyl sites for hydroxylation is 2. The van der Waals surface area contributed by atoms with Gasteiger partial charge < -0.3 is 40.5 Å². The van der Waals surface area contributed by atoms with Gasteiger partial charge in [0.05, 0.1) is 46.6 Å². The van der Waals surface area contributed by atoms with Crippen molar-refractivity contribution in [3.8, 4) is 11.5 Å². The Morgan fingerprint density at radius 1 is 0.633 bits per heavy atom. The summed E-state index contributed by atoms with van der Waals surface area (Å²) < 4.78 is 15.8. The van der Waals surface area contributed by atoms with E-state index in [1.165, 1.54) is 11.4 Å². The Labute approximate surface area is 350 Å². The molecule has 0 saturated carbocycles. The number of carbonyl (C=O) groups is 2. The zero-order valence-electron chi connectivity index (χ0n) is 34.5. The molecule has 4 N–H and O–H groups in total. The van der Waals surface area contributed by atoms with Gasteiger partial charge in [0, 0.05) is 87.3 Å². The first-order valence-corrected chi connectivity index (χ1v) is 21.4. The van der Waals surface area contributed by atoms with E-state index < -0.39 is 0 Å². The maximum absolute atomic E-state index is 12.9. The molecule has 0 aliphatic carbocycles. The third-order valence-electron chi connectivity index (χ3n) is 12.0. The van der Waals surface area contributed by atoms with Crippen LogP contribution < -0.4 is 40.5 Å². The van der Waals surface area contributed by atoms with Crippen LogP contribution in [0.1, 0.15) is 57.1 Å². The van der Waals surface area contributed by atoms with E-state index in [1.54, 1.807) is 12.4 Å². The largest absolute Gasteiger partial charge is 0.491 e. The fraction of sp³-hybridized carbons (Fsp3) is 0.391. The van der Waals surface area contributed by atoms with Gasteiger partial charge in [-0.2, -0.15) is 10.2 Å². The second-order valence-corrected chi connectivity index (χ2v) is 15.9. The SMILES string of the molecule is CCc1cccc2c(C(=O)N[C@H]3COc4cc(N5CCNCC5)ccc4C3)cnn12.CCc1cccc2c(C(=O)N[C@H]3COc4cc(N5CCNCC5)ccc4C3)cnn12. The average molecular weight is 811 g/mol. The van der Waals surface area contributed by atoms with E-state index in [4.69, 9.17) is 9.47 Å². The Kier molecular flexibility index (Phi) is 11.6. The smallest absolute Gasteiger partial charge is 0.255 e. The molecule has 0 bridgehead atoms. The molecule has 0 radical (unpaired) electrons. The van der Waals surface area contributed by atoms with Crippen molar-refractivity contribution in [2.24, 2.45) is 0 Å². The molecule has 10 rings (SSSR count). The highest BCUT2D eigenvalue weighted by molar-refractivity contribution is 6.01. The Morgan fingerprint density at radius 3 is 1.48 bits per heavy atom. The van der Waals surface area contributed by atoms with Crippen molar-refractivity contribution in [1.82, 2.24) is 40.5 Å². The van der Waals surface area contributed by atoms with Crippen molar-refractivity contribution in [3.63, 3.8) is 0 Å². The number of hydrogen-bond donors (Lipinski definition) is 4. The third-order valence-corrected chi connectivity index (χ3v) is 12.0. The quantitative estimate of drug-likeness (QED) is 0.178. The number of hydrogen-bond acceptors (Lipinski definition) is 10. The molecule has 312 valence electrons. The summed E-state index contributed by atoms with van der Waals surface area (Å²) >= 11 is 0. The van der Waals surface area contributed by atoms with Crippen LogP contribution in [0.4, 0.5) is 11.4 Å². The van der Waals surface area contributed by atoms with Crippen LogP contribution >= 0.6 is 0 Å². The number of carbonyl (C=O) groups excluding carboxylic acids is 2.